The summed E-state index contributed by atoms with van der Waals surface area (Å²) >= 11 is 0. The van der Waals surface area contributed by atoms with E-state index in [1.54, 1.807) is 19.1 Å². The average Bonchev–Trinajstić information content (AvgIpc) is 3.67. The van der Waals surface area contributed by atoms with Gasteiger partial charge in [0.2, 0.25) is 11.8 Å². The summed E-state index contributed by atoms with van der Waals surface area (Å²) < 4.78 is 14.9. The molecule has 6 rings (SSSR count). The van der Waals surface area contributed by atoms with E-state index in [2.05, 4.69) is 31.0 Å². The second-order valence-corrected chi connectivity index (χ2v) is 10.3. The molecule has 1 saturated heterocycles. The van der Waals surface area contributed by atoms with Crippen LogP contribution in [0.4, 0.5) is 4.39 Å². The molecule has 1 fully saturated rings. The second kappa shape index (κ2) is 10.2. The SMILES string of the molecule is Cc1cc(CNC(=O)c2cc(C(=O)N[C@H]3CCc4c3ccc(C3CC(=O)NC3=O)c4C)n3ncnc3n2)ccc1F. The molecule has 0 spiro atoms. The number of nitrogens with zero attached hydrogens (tertiary/aromatic N) is 4. The van der Waals surface area contributed by atoms with Crippen LogP contribution in [0.25, 0.3) is 5.78 Å². The molecule has 11 nitrogen and oxygen atoms in total. The number of rotatable bonds is 6. The molecule has 1 aliphatic heterocycles. The molecule has 2 aliphatic rings. The Kier molecular flexibility index (Phi) is 6.52. The molecule has 208 valence electrons. The van der Waals surface area contributed by atoms with Gasteiger partial charge in [-0.05, 0) is 66.1 Å². The molecule has 12 heteroatoms. The highest BCUT2D eigenvalue weighted by Crippen LogP contribution is 2.38. The van der Waals surface area contributed by atoms with Crippen molar-refractivity contribution in [1.82, 2.24) is 35.5 Å². The van der Waals surface area contributed by atoms with Gasteiger partial charge in [0.25, 0.3) is 17.6 Å². The van der Waals surface area contributed by atoms with Crippen LogP contribution < -0.4 is 16.0 Å². The molecular weight excluding hydrogens is 529 g/mol. The Morgan fingerprint density at radius 3 is 2.66 bits per heavy atom. The van der Waals surface area contributed by atoms with Crippen LogP contribution in [0.15, 0.2) is 42.7 Å². The summed E-state index contributed by atoms with van der Waals surface area (Å²) in [5.41, 5.74) is 5.05. The molecular formula is C29H26FN7O4. The van der Waals surface area contributed by atoms with Gasteiger partial charge < -0.3 is 10.6 Å². The molecule has 4 amide bonds. The molecule has 2 atom stereocenters. The molecule has 1 aliphatic carbocycles. The summed E-state index contributed by atoms with van der Waals surface area (Å²) in [5.74, 6) is -2.27. The number of hydrogen-bond acceptors (Lipinski definition) is 7. The summed E-state index contributed by atoms with van der Waals surface area (Å²) in [6.45, 7) is 3.73. The Morgan fingerprint density at radius 1 is 1.10 bits per heavy atom. The van der Waals surface area contributed by atoms with Crippen LogP contribution in [-0.4, -0.2) is 43.2 Å². The first kappa shape index (κ1) is 26.2. The van der Waals surface area contributed by atoms with Crippen LogP contribution in [0.3, 0.4) is 0 Å². The van der Waals surface area contributed by atoms with E-state index in [9.17, 15) is 23.6 Å². The summed E-state index contributed by atoms with van der Waals surface area (Å²) in [5, 5.41) is 12.3. The maximum absolute atomic E-state index is 13.6. The van der Waals surface area contributed by atoms with Crippen LogP contribution in [0.1, 0.15) is 79.2 Å². The second-order valence-electron chi connectivity index (χ2n) is 10.3. The van der Waals surface area contributed by atoms with Crippen molar-refractivity contribution in [2.45, 2.75) is 51.6 Å². The van der Waals surface area contributed by atoms with Crippen LogP contribution in [0.5, 0.6) is 0 Å². The van der Waals surface area contributed by atoms with Crippen LogP contribution >= 0.6 is 0 Å². The lowest BCUT2D eigenvalue weighted by Crippen LogP contribution is -2.30. The van der Waals surface area contributed by atoms with E-state index in [0.29, 0.717) is 18.4 Å². The zero-order valence-electron chi connectivity index (χ0n) is 22.3. The smallest absolute Gasteiger partial charge is 0.270 e. The maximum Gasteiger partial charge on any atom is 0.270 e. The zero-order valence-corrected chi connectivity index (χ0v) is 22.3. The van der Waals surface area contributed by atoms with Gasteiger partial charge in [-0.1, -0.05) is 24.3 Å². The van der Waals surface area contributed by atoms with Gasteiger partial charge in [0.05, 0.1) is 12.0 Å². The molecule has 0 radical (unpaired) electrons. The summed E-state index contributed by atoms with van der Waals surface area (Å²) in [7, 11) is 0. The van der Waals surface area contributed by atoms with E-state index in [-0.39, 0.29) is 53.8 Å². The predicted octanol–water partition coefficient (Wildman–Crippen LogP) is 2.36. The number of hydrogen-bond donors (Lipinski definition) is 3. The molecule has 0 bridgehead atoms. The van der Waals surface area contributed by atoms with Gasteiger partial charge in [-0.2, -0.15) is 14.6 Å². The van der Waals surface area contributed by atoms with Crippen molar-refractivity contribution in [2.75, 3.05) is 0 Å². The fraction of sp³-hybridized carbons (Fsp3) is 0.276. The normalized spacial score (nSPS) is 17.9. The van der Waals surface area contributed by atoms with Crippen LogP contribution in [-0.2, 0) is 22.6 Å². The standard InChI is InChI=1S/C29H26FN7O4/c1-14-9-16(3-7-21(14)30)12-31-27(40)23-11-24(37-29(35-23)32-13-33-37)28(41)34-22-8-6-17-15(2)18(4-5-19(17)22)20-10-25(38)36-26(20)39/h3-5,7,9,11,13,20,22H,6,8,10,12H2,1-2H3,(H,31,40)(H,34,41)(H,36,38,39)/t20?,22-/m0/s1. The van der Waals surface area contributed by atoms with Gasteiger partial charge in [0.1, 0.15) is 23.5 Å². The lowest BCUT2D eigenvalue weighted by molar-refractivity contribution is -0.125. The summed E-state index contributed by atoms with van der Waals surface area (Å²) in [6, 6.07) is 9.40. The van der Waals surface area contributed by atoms with Gasteiger partial charge in [-0.3, -0.25) is 24.5 Å². The maximum atomic E-state index is 13.6. The van der Waals surface area contributed by atoms with E-state index in [1.165, 1.54) is 23.0 Å². The number of nitrogens with one attached hydrogen (secondary N) is 3. The fourth-order valence-corrected chi connectivity index (χ4v) is 5.64. The minimum atomic E-state index is -0.518. The molecule has 4 aromatic rings. The van der Waals surface area contributed by atoms with Gasteiger partial charge in [-0.15, -0.1) is 0 Å². The molecule has 2 aromatic carbocycles. The van der Waals surface area contributed by atoms with Crippen molar-refractivity contribution in [3.63, 3.8) is 0 Å². The highest BCUT2D eigenvalue weighted by atomic mass is 19.1. The zero-order chi connectivity index (χ0) is 28.8. The molecule has 3 heterocycles. The Labute approximate surface area is 233 Å². The first-order chi connectivity index (χ1) is 19.7. The number of amides is 4. The first-order valence-electron chi connectivity index (χ1n) is 13.2. The number of imide groups is 1. The van der Waals surface area contributed by atoms with Crippen molar-refractivity contribution in [3.05, 3.63) is 93.3 Å². The molecule has 41 heavy (non-hydrogen) atoms. The largest absolute Gasteiger partial charge is 0.347 e. The topological polar surface area (TPSA) is 147 Å². The quantitative estimate of drug-likeness (QED) is 0.310. The highest BCUT2D eigenvalue weighted by Gasteiger charge is 2.35. The highest BCUT2D eigenvalue weighted by molar-refractivity contribution is 6.06. The van der Waals surface area contributed by atoms with Gasteiger partial charge in [0.15, 0.2) is 0 Å². The van der Waals surface area contributed by atoms with Crippen molar-refractivity contribution in [1.29, 1.82) is 0 Å². The van der Waals surface area contributed by atoms with Crippen LogP contribution in [0.2, 0.25) is 0 Å². The fourth-order valence-electron chi connectivity index (χ4n) is 5.64. The first-order valence-corrected chi connectivity index (χ1v) is 13.2. The molecule has 0 saturated carbocycles. The predicted molar refractivity (Wildman–Crippen MR) is 143 cm³/mol. The van der Waals surface area contributed by atoms with Gasteiger partial charge in [-0.25, -0.2) is 9.37 Å². The number of carbonyl (C=O) groups is 4. The average molecular weight is 556 g/mol. The molecule has 3 N–H and O–H groups in total. The summed E-state index contributed by atoms with van der Waals surface area (Å²) in [4.78, 5) is 58.7. The van der Waals surface area contributed by atoms with Crippen LogP contribution in [0, 0.1) is 19.7 Å². The third kappa shape index (κ3) is 4.81. The van der Waals surface area contributed by atoms with Crippen molar-refractivity contribution < 1.29 is 23.6 Å². The minimum Gasteiger partial charge on any atom is -0.347 e. The Morgan fingerprint density at radius 2 is 1.90 bits per heavy atom. The number of carbonyl (C=O) groups excluding carboxylic acids is 4. The van der Waals surface area contributed by atoms with Crippen molar-refractivity contribution in [2.24, 2.45) is 0 Å². The number of fused-ring (bicyclic) bond motifs is 2. The van der Waals surface area contributed by atoms with E-state index in [1.807, 2.05) is 19.1 Å². The minimum absolute atomic E-state index is 0.00817. The number of aryl methyl sites for hydroxylation is 1. The van der Waals surface area contributed by atoms with Gasteiger partial charge in [0, 0.05) is 19.0 Å². The van der Waals surface area contributed by atoms with E-state index < -0.39 is 17.7 Å². The summed E-state index contributed by atoms with van der Waals surface area (Å²) in [6.07, 6.45) is 2.74. The number of halogens is 1. The monoisotopic (exact) mass is 555 g/mol. The molecule has 2 aromatic heterocycles. The number of aromatic nitrogens is 4. The lowest BCUT2D eigenvalue weighted by Gasteiger charge is -2.18. The lowest BCUT2D eigenvalue weighted by atomic mass is 9.89. The van der Waals surface area contributed by atoms with E-state index in [0.717, 1.165) is 27.8 Å². The third-order valence-corrected chi connectivity index (χ3v) is 7.78. The number of benzene rings is 2. The van der Waals surface area contributed by atoms with E-state index in [4.69, 9.17) is 0 Å². The van der Waals surface area contributed by atoms with Gasteiger partial charge >= 0.3 is 0 Å². The third-order valence-electron chi connectivity index (χ3n) is 7.78. The van der Waals surface area contributed by atoms with Crippen molar-refractivity contribution in [3.8, 4) is 0 Å². The Hall–Kier alpha value is -5.00. The van der Waals surface area contributed by atoms with Crippen molar-refractivity contribution >= 4 is 29.4 Å². The molecule has 1 unspecified atom stereocenters. The Bertz CT molecular complexity index is 1770. The Balaban J connectivity index is 1.22. The van der Waals surface area contributed by atoms with E-state index >= 15 is 0 Å².